The lowest BCUT2D eigenvalue weighted by molar-refractivity contribution is 0.102. The average Bonchev–Trinajstić information content (AvgIpc) is 2.46. The molecular weight excluding hydrogens is 384 g/mol. The molecule has 0 aliphatic heterocycles. The van der Waals surface area contributed by atoms with Crippen LogP contribution in [0.1, 0.15) is 23.7 Å². The van der Waals surface area contributed by atoms with Crippen molar-refractivity contribution < 1.29 is 9.18 Å². The van der Waals surface area contributed by atoms with Gasteiger partial charge in [-0.05, 0) is 53.3 Å². The number of nitrogens with zero attached hydrogens (tertiary/aromatic N) is 1. The Kier molecular flexibility index (Phi) is 5.49. The number of hydrogen-bond acceptors (Lipinski definition) is 3. The Morgan fingerprint density at radius 2 is 2.19 bits per heavy atom. The first-order valence-electron chi connectivity index (χ1n) is 6.56. The minimum absolute atomic E-state index is 0.197. The smallest absolute Gasteiger partial charge is 0.259 e. The predicted octanol–water partition coefficient (Wildman–Crippen LogP) is 3.90. The number of carbonyl (C=O) groups excluding carboxylic acids is 1. The lowest BCUT2D eigenvalue weighted by Crippen LogP contribution is -2.16. The zero-order valence-electron chi connectivity index (χ0n) is 11.5. The topological polar surface area (TPSA) is 54.0 Å². The molecule has 2 rings (SSSR count). The predicted molar refractivity (Wildman–Crippen MR) is 90.1 cm³/mol. The summed E-state index contributed by atoms with van der Waals surface area (Å²) in [6.45, 7) is 2.67. The molecule has 1 amide bonds. The van der Waals surface area contributed by atoms with Crippen LogP contribution in [0.5, 0.6) is 0 Å². The standard InChI is InChI=1S/C15H15FIN3O/c1-2-6-18-14-13(7-10(16)9-19-14)15(21)20-12-5-3-4-11(17)8-12/h3-5,7-9H,2,6H2,1H3,(H,18,19)(H,20,21). The molecule has 0 spiro atoms. The van der Waals surface area contributed by atoms with Crippen molar-refractivity contribution in [1.29, 1.82) is 0 Å². The summed E-state index contributed by atoms with van der Waals surface area (Å²) in [7, 11) is 0. The van der Waals surface area contributed by atoms with Gasteiger partial charge < -0.3 is 10.6 Å². The second-order valence-corrected chi connectivity index (χ2v) is 5.69. The summed E-state index contributed by atoms with van der Waals surface area (Å²) < 4.78 is 14.4. The van der Waals surface area contributed by atoms with E-state index in [2.05, 4.69) is 38.2 Å². The molecule has 0 radical (unpaired) electrons. The van der Waals surface area contributed by atoms with Crippen LogP contribution >= 0.6 is 22.6 Å². The molecule has 21 heavy (non-hydrogen) atoms. The van der Waals surface area contributed by atoms with Crippen molar-refractivity contribution >= 4 is 40.0 Å². The molecule has 110 valence electrons. The Morgan fingerprint density at radius 3 is 2.90 bits per heavy atom. The number of pyridine rings is 1. The van der Waals surface area contributed by atoms with Gasteiger partial charge in [0.25, 0.3) is 5.91 Å². The Bertz CT molecular complexity index is 649. The molecule has 0 atom stereocenters. The van der Waals surface area contributed by atoms with Crippen molar-refractivity contribution in [2.24, 2.45) is 0 Å². The minimum Gasteiger partial charge on any atom is -0.369 e. The van der Waals surface area contributed by atoms with Gasteiger partial charge in [0.2, 0.25) is 0 Å². The van der Waals surface area contributed by atoms with Crippen LogP contribution < -0.4 is 10.6 Å². The van der Waals surface area contributed by atoms with Gasteiger partial charge in [0.05, 0.1) is 11.8 Å². The van der Waals surface area contributed by atoms with E-state index >= 15 is 0 Å². The van der Waals surface area contributed by atoms with Crippen molar-refractivity contribution in [3.63, 3.8) is 0 Å². The van der Waals surface area contributed by atoms with Crippen LogP contribution in [0, 0.1) is 9.39 Å². The van der Waals surface area contributed by atoms with Crippen LogP contribution in [0.4, 0.5) is 15.9 Å². The van der Waals surface area contributed by atoms with Crippen LogP contribution in [0.25, 0.3) is 0 Å². The van der Waals surface area contributed by atoms with E-state index in [1.54, 1.807) is 6.07 Å². The molecule has 0 aliphatic carbocycles. The van der Waals surface area contributed by atoms with E-state index in [9.17, 15) is 9.18 Å². The van der Waals surface area contributed by atoms with Gasteiger partial charge in [-0.2, -0.15) is 0 Å². The molecule has 4 nitrogen and oxygen atoms in total. The second-order valence-electron chi connectivity index (χ2n) is 4.44. The van der Waals surface area contributed by atoms with Gasteiger partial charge in [-0.1, -0.05) is 13.0 Å². The third-order valence-corrected chi connectivity index (χ3v) is 3.39. The zero-order valence-corrected chi connectivity index (χ0v) is 13.6. The highest BCUT2D eigenvalue weighted by Crippen LogP contribution is 2.18. The molecule has 2 N–H and O–H groups in total. The van der Waals surface area contributed by atoms with Gasteiger partial charge in [0.1, 0.15) is 11.6 Å². The van der Waals surface area contributed by atoms with E-state index < -0.39 is 5.82 Å². The maximum Gasteiger partial charge on any atom is 0.259 e. The molecule has 2 aromatic rings. The van der Waals surface area contributed by atoms with Gasteiger partial charge in [0, 0.05) is 15.8 Å². The van der Waals surface area contributed by atoms with Gasteiger partial charge >= 0.3 is 0 Å². The number of benzene rings is 1. The van der Waals surface area contributed by atoms with Crippen LogP contribution in [0.3, 0.4) is 0 Å². The largest absolute Gasteiger partial charge is 0.369 e. The number of hydrogen-bond donors (Lipinski definition) is 2. The van der Waals surface area contributed by atoms with Crippen LogP contribution in [0.2, 0.25) is 0 Å². The molecule has 1 heterocycles. The summed E-state index contributed by atoms with van der Waals surface area (Å²) in [5.74, 6) is -0.533. The van der Waals surface area contributed by atoms with E-state index in [1.807, 2.05) is 25.1 Å². The maximum atomic E-state index is 13.4. The van der Waals surface area contributed by atoms with E-state index in [4.69, 9.17) is 0 Å². The van der Waals surface area contributed by atoms with Crippen molar-refractivity contribution in [3.8, 4) is 0 Å². The number of amides is 1. The van der Waals surface area contributed by atoms with E-state index in [-0.39, 0.29) is 11.5 Å². The summed E-state index contributed by atoms with van der Waals surface area (Å²) in [6, 6.07) is 8.58. The number of rotatable bonds is 5. The van der Waals surface area contributed by atoms with Crippen LogP contribution in [0.15, 0.2) is 36.5 Å². The van der Waals surface area contributed by atoms with Gasteiger partial charge in [-0.25, -0.2) is 9.37 Å². The molecule has 0 bridgehead atoms. The van der Waals surface area contributed by atoms with Gasteiger partial charge in [0.15, 0.2) is 0 Å². The molecule has 1 aromatic carbocycles. The van der Waals surface area contributed by atoms with E-state index in [0.717, 1.165) is 16.2 Å². The third-order valence-electron chi connectivity index (χ3n) is 2.72. The monoisotopic (exact) mass is 399 g/mol. The highest BCUT2D eigenvalue weighted by molar-refractivity contribution is 14.1. The first-order valence-corrected chi connectivity index (χ1v) is 7.64. The van der Waals surface area contributed by atoms with Crippen molar-refractivity contribution in [2.75, 3.05) is 17.2 Å². The Labute approximate surface area is 136 Å². The van der Waals surface area contributed by atoms with Gasteiger partial charge in [-0.15, -0.1) is 0 Å². The average molecular weight is 399 g/mol. The lowest BCUT2D eigenvalue weighted by Gasteiger charge is -2.11. The third kappa shape index (κ3) is 4.38. The first kappa shape index (κ1) is 15.7. The summed E-state index contributed by atoms with van der Waals surface area (Å²) in [5.41, 5.74) is 0.861. The molecule has 0 unspecified atom stereocenters. The Hall–Kier alpha value is -1.70. The number of halogens is 2. The number of anilines is 2. The zero-order chi connectivity index (χ0) is 15.2. The molecule has 6 heteroatoms. The minimum atomic E-state index is -0.537. The number of nitrogens with one attached hydrogen (secondary N) is 2. The molecule has 0 saturated carbocycles. The summed E-state index contributed by atoms with van der Waals surface area (Å²) in [5, 5.41) is 5.78. The fraction of sp³-hybridized carbons (Fsp3) is 0.200. The summed E-state index contributed by atoms with van der Waals surface area (Å²) >= 11 is 2.16. The SMILES string of the molecule is CCCNc1ncc(F)cc1C(=O)Nc1cccc(I)c1. The lowest BCUT2D eigenvalue weighted by atomic mass is 10.2. The Morgan fingerprint density at radius 1 is 1.38 bits per heavy atom. The van der Waals surface area contributed by atoms with Crippen molar-refractivity contribution in [1.82, 2.24) is 4.98 Å². The van der Waals surface area contributed by atoms with Crippen LogP contribution in [-0.2, 0) is 0 Å². The highest BCUT2D eigenvalue weighted by atomic mass is 127. The molecule has 1 aromatic heterocycles. The summed E-state index contributed by atoms with van der Waals surface area (Å²) in [6.07, 6.45) is 1.98. The van der Waals surface area contributed by atoms with Crippen molar-refractivity contribution in [3.05, 3.63) is 51.5 Å². The van der Waals surface area contributed by atoms with Crippen LogP contribution in [-0.4, -0.2) is 17.4 Å². The second kappa shape index (κ2) is 7.35. The van der Waals surface area contributed by atoms with E-state index in [0.29, 0.717) is 18.1 Å². The van der Waals surface area contributed by atoms with Gasteiger partial charge in [-0.3, -0.25) is 4.79 Å². The number of aromatic nitrogens is 1. The normalized spacial score (nSPS) is 10.2. The highest BCUT2D eigenvalue weighted by Gasteiger charge is 2.14. The fourth-order valence-electron chi connectivity index (χ4n) is 1.76. The fourth-order valence-corrected chi connectivity index (χ4v) is 2.30. The maximum absolute atomic E-state index is 13.4. The van der Waals surface area contributed by atoms with Crippen molar-refractivity contribution in [2.45, 2.75) is 13.3 Å². The molecule has 0 fully saturated rings. The van der Waals surface area contributed by atoms with E-state index in [1.165, 1.54) is 6.07 Å². The Balaban J connectivity index is 2.23. The molecule has 0 aliphatic rings. The number of carbonyl (C=O) groups is 1. The first-order chi connectivity index (χ1) is 10.1. The summed E-state index contributed by atoms with van der Waals surface area (Å²) in [4.78, 5) is 16.2. The molecular formula is C15H15FIN3O. The quantitative estimate of drug-likeness (QED) is 0.750. The molecule has 0 saturated heterocycles.